The standard InChI is InChI=1S/C18H20ClN/c1-12-7-8-14(11-17(12)19)16-10-9-13-5-3-4-6-15(13)18(16)20-2/h3-8,11,16,18,20H,9-10H2,1-2H3/t16-,18-/m0/s1. The first kappa shape index (κ1) is 13.7. The normalized spacial score (nSPS) is 21.6. The minimum absolute atomic E-state index is 0.374. The molecule has 0 radical (unpaired) electrons. The van der Waals surface area contributed by atoms with E-state index < -0.39 is 0 Å². The molecule has 0 heterocycles. The zero-order valence-electron chi connectivity index (χ0n) is 12.0. The first-order valence-corrected chi connectivity index (χ1v) is 7.59. The Hall–Kier alpha value is -1.31. The monoisotopic (exact) mass is 285 g/mol. The minimum atomic E-state index is 0.374. The topological polar surface area (TPSA) is 12.0 Å². The van der Waals surface area contributed by atoms with E-state index in [-0.39, 0.29) is 0 Å². The number of aryl methyl sites for hydroxylation is 2. The molecule has 0 unspecified atom stereocenters. The molecule has 0 fully saturated rings. The van der Waals surface area contributed by atoms with Crippen molar-refractivity contribution in [1.82, 2.24) is 5.32 Å². The van der Waals surface area contributed by atoms with Gasteiger partial charge in [-0.15, -0.1) is 0 Å². The molecule has 1 aliphatic rings. The molecule has 1 nitrogen and oxygen atoms in total. The first-order valence-electron chi connectivity index (χ1n) is 7.22. The number of hydrogen-bond donors (Lipinski definition) is 1. The van der Waals surface area contributed by atoms with Gasteiger partial charge in [-0.3, -0.25) is 0 Å². The van der Waals surface area contributed by atoms with Crippen LogP contribution in [0.25, 0.3) is 0 Å². The second kappa shape index (κ2) is 5.59. The van der Waals surface area contributed by atoms with Gasteiger partial charge in [0.25, 0.3) is 0 Å². The van der Waals surface area contributed by atoms with Crippen molar-refractivity contribution in [2.45, 2.75) is 31.7 Å². The van der Waals surface area contributed by atoms with E-state index >= 15 is 0 Å². The van der Waals surface area contributed by atoms with Crippen LogP contribution in [-0.2, 0) is 6.42 Å². The van der Waals surface area contributed by atoms with Gasteiger partial charge in [0, 0.05) is 17.0 Å². The third kappa shape index (κ3) is 2.36. The number of nitrogens with one attached hydrogen (secondary N) is 1. The van der Waals surface area contributed by atoms with Gasteiger partial charge < -0.3 is 5.32 Å². The van der Waals surface area contributed by atoms with E-state index in [1.54, 1.807) is 0 Å². The van der Waals surface area contributed by atoms with Crippen molar-refractivity contribution < 1.29 is 0 Å². The molecular formula is C18H20ClN. The summed E-state index contributed by atoms with van der Waals surface area (Å²) in [5.41, 5.74) is 5.39. The fraction of sp³-hybridized carbons (Fsp3) is 0.333. The Balaban J connectivity index is 2.00. The summed E-state index contributed by atoms with van der Waals surface area (Å²) in [6, 6.07) is 15.6. The molecule has 2 atom stereocenters. The van der Waals surface area contributed by atoms with Crippen LogP contribution in [0.2, 0.25) is 5.02 Å². The van der Waals surface area contributed by atoms with Crippen LogP contribution in [0.15, 0.2) is 42.5 Å². The van der Waals surface area contributed by atoms with E-state index in [4.69, 9.17) is 11.6 Å². The second-order valence-electron chi connectivity index (χ2n) is 5.62. The highest BCUT2D eigenvalue weighted by Gasteiger charge is 2.29. The molecule has 0 aromatic heterocycles. The molecule has 104 valence electrons. The summed E-state index contributed by atoms with van der Waals surface area (Å²) in [7, 11) is 2.05. The summed E-state index contributed by atoms with van der Waals surface area (Å²) in [4.78, 5) is 0. The molecule has 0 spiro atoms. The average molecular weight is 286 g/mol. The maximum absolute atomic E-state index is 6.30. The third-order valence-corrected chi connectivity index (χ3v) is 4.86. The highest BCUT2D eigenvalue weighted by atomic mass is 35.5. The van der Waals surface area contributed by atoms with Gasteiger partial charge in [-0.2, -0.15) is 0 Å². The molecule has 20 heavy (non-hydrogen) atoms. The van der Waals surface area contributed by atoms with E-state index in [1.807, 2.05) is 0 Å². The maximum Gasteiger partial charge on any atom is 0.0438 e. The second-order valence-corrected chi connectivity index (χ2v) is 6.03. The minimum Gasteiger partial charge on any atom is -0.312 e. The molecule has 2 aromatic rings. The van der Waals surface area contributed by atoms with Gasteiger partial charge >= 0.3 is 0 Å². The van der Waals surface area contributed by atoms with Gasteiger partial charge in [0.2, 0.25) is 0 Å². The molecule has 3 rings (SSSR count). The molecule has 0 saturated carbocycles. The molecule has 1 aliphatic carbocycles. The fourth-order valence-electron chi connectivity index (χ4n) is 3.32. The van der Waals surface area contributed by atoms with Gasteiger partial charge in [-0.05, 0) is 55.1 Å². The largest absolute Gasteiger partial charge is 0.312 e. The van der Waals surface area contributed by atoms with Crippen molar-refractivity contribution in [3.63, 3.8) is 0 Å². The van der Waals surface area contributed by atoms with Gasteiger partial charge in [-0.25, -0.2) is 0 Å². The lowest BCUT2D eigenvalue weighted by Crippen LogP contribution is -2.28. The Kier molecular flexibility index (Phi) is 3.82. The first-order chi connectivity index (χ1) is 9.70. The fourth-order valence-corrected chi connectivity index (χ4v) is 3.50. The van der Waals surface area contributed by atoms with Gasteiger partial charge in [0.1, 0.15) is 0 Å². The summed E-state index contributed by atoms with van der Waals surface area (Å²) >= 11 is 6.30. The Bertz CT molecular complexity index is 621. The summed E-state index contributed by atoms with van der Waals surface area (Å²) in [5, 5.41) is 4.37. The lowest BCUT2D eigenvalue weighted by atomic mass is 9.76. The van der Waals surface area contributed by atoms with Crippen LogP contribution in [0, 0.1) is 6.92 Å². The predicted molar refractivity (Wildman–Crippen MR) is 85.5 cm³/mol. The molecule has 0 amide bonds. The Morgan fingerprint density at radius 2 is 1.95 bits per heavy atom. The zero-order chi connectivity index (χ0) is 14.1. The molecule has 0 aliphatic heterocycles. The summed E-state index contributed by atoms with van der Waals surface area (Å²) in [5.74, 6) is 0.494. The Morgan fingerprint density at radius 1 is 1.15 bits per heavy atom. The van der Waals surface area contributed by atoms with Crippen molar-refractivity contribution in [2.24, 2.45) is 0 Å². The van der Waals surface area contributed by atoms with E-state index in [1.165, 1.54) is 23.1 Å². The zero-order valence-corrected chi connectivity index (χ0v) is 12.7. The number of rotatable bonds is 2. The van der Waals surface area contributed by atoms with Crippen LogP contribution in [-0.4, -0.2) is 7.05 Å². The van der Waals surface area contributed by atoms with Crippen LogP contribution in [0.5, 0.6) is 0 Å². The number of fused-ring (bicyclic) bond motifs is 1. The molecular weight excluding hydrogens is 266 g/mol. The summed E-state index contributed by atoms with van der Waals surface area (Å²) < 4.78 is 0. The van der Waals surface area contributed by atoms with Crippen LogP contribution in [0.1, 0.15) is 40.6 Å². The highest BCUT2D eigenvalue weighted by Crippen LogP contribution is 2.41. The highest BCUT2D eigenvalue weighted by molar-refractivity contribution is 6.31. The van der Waals surface area contributed by atoms with Crippen molar-refractivity contribution in [3.8, 4) is 0 Å². The number of hydrogen-bond acceptors (Lipinski definition) is 1. The average Bonchev–Trinajstić information content (AvgIpc) is 2.49. The van der Waals surface area contributed by atoms with Crippen LogP contribution in [0.3, 0.4) is 0 Å². The Labute approximate surface area is 126 Å². The summed E-state index contributed by atoms with van der Waals surface area (Å²) in [6.07, 6.45) is 2.31. The van der Waals surface area contributed by atoms with Crippen molar-refractivity contribution in [2.75, 3.05) is 7.05 Å². The maximum atomic E-state index is 6.30. The molecule has 1 N–H and O–H groups in total. The van der Waals surface area contributed by atoms with Crippen LogP contribution in [0.4, 0.5) is 0 Å². The Morgan fingerprint density at radius 3 is 2.70 bits per heavy atom. The van der Waals surface area contributed by atoms with Crippen LogP contribution >= 0.6 is 11.6 Å². The van der Waals surface area contributed by atoms with Gasteiger partial charge in [0.05, 0.1) is 0 Å². The van der Waals surface area contributed by atoms with E-state index in [0.29, 0.717) is 12.0 Å². The van der Waals surface area contributed by atoms with Crippen molar-refractivity contribution in [3.05, 3.63) is 69.7 Å². The quantitative estimate of drug-likeness (QED) is 0.848. The smallest absolute Gasteiger partial charge is 0.0438 e. The molecule has 2 aromatic carbocycles. The van der Waals surface area contributed by atoms with Crippen molar-refractivity contribution in [1.29, 1.82) is 0 Å². The SMILES string of the molecule is CN[C@H]1c2ccccc2CC[C@H]1c1ccc(C)c(Cl)c1. The van der Waals surface area contributed by atoms with E-state index in [0.717, 1.165) is 17.0 Å². The number of benzene rings is 2. The lowest BCUT2D eigenvalue weighted by Gasteiger charge is -2.34. The van der Waals surface area contributed by atoms with Crippen molar-refractivity contribution >= 4 is 11.6 Å². The van der Waals surface area contributed by atoms with Crippen LogP contribution < -0.4 is 5.32 Å². The predicted octanol–water partition coefficient (Wildman–Crippen LogP) is 4.64. The van der Waals surface area contributed by atoms with Gasteiger partial charge in [0.15, 0.2) is 0 Å². The summed E-state index contributed by atoms with van der Waals surface area (Å²) in [6.45, 7) is 2.05. The van der Waals surface area contributed by atoms with E-state index in [9.17, 15) is 0 Å². The molecule has 0 saturated heterocycles. The number of likely N-dealkylation sites (N-methyl/N-ethyl adjacent to an activating group) is 1. The van der Waals surface area contributed by atoms with E-state index in [2.05, 4.69) is 61.8 Å². The van der Waals surface area contributed by atoms with Gasteiger partial charge in [-0.1, -0.05) is 48.0 Å². The third-order valence-electron chi connectivity index (χ3n) is 4.45. The lowest BCUT2D eigenvalue weighted by molar-refractivity contribution is 0.428. The number of halogens is 1. The molecule has 2 heteroatoms. The molecule has 0 bridgehead atoms.